The van der Waals surface area contributed by atoms with Crippen LogP contribution in [0, 0.1) is 0 Å². The van der Waals surface area contributed by atoms with Crippen molar-refractivity contribution in [1.29, 1.82) is 0 Å². The first-order valence-electron chi connectivity index (χ1n) is 6.50. The second kappa shape index (κ2) is 5.21. The quantitative estimate of drug-likeness (QED) is 0.748. The summed E-state index contributed by atoms with van der Waals surface area (Å²) in [6, 6.07) is 1.50. The van der Waals surface area contributed by atoms with E-state index in [9.17, 15) is 4.79 Å². The van der Waals surface area contributed by atoms with Gasteiger partial charge in [0, 0.05) is 31.3 Å². The van der Waals surface area contributed by atoms with Gasteiger partial charge in [-0.05, 0) is 19.3 Å². The van der Waals surface area contributed by atoms with Crippen molar-refractivity contribution >= 4 is 5.82 Å². The zero-order valence-electron chi connectivity index (χ0n) is 10.5. The summed E-state index contributed by atoms with van der Waals surface area (Å²) >= 11 is 0. The molecule has 0 aliphatic heterocycles. The Hall–Kier alpha value is -2.18. The summed E-state index contributed by atoms with van der Waals surface area (Å²) in [7, 11) is 0. The van der Waals surface area contributed by atoms with Gasteiger partial charge in [-0.25, -0.2) is 4.98 Å². The number of anilines is 1. The largest absolute Gasteiger partial charge is 0.370 e. The van der Waals surface area contributed by atoms with Crippen LogP contribution in [-0.2, 0) is 6.54 Å². The molecule has 3 rings (SSSR count). The SMILES string of the molecule is O=c1cc(NCCCn2ccnn2)nc(C2CC2)[nH]1. The van der Waals surface area contributed by atoms with Crippen LogP contribution in [0.15, 0.2) is 23.3 Å². The summed E-state index contributed by atoms with van der Waals surface area (Å²) in [5, 5.41) is 10.8. The van der Waals surface area contributed by atoms with Crippen LogP contribution in [0.2, 0.25) is 0 Å². The number of hydrogen-bond acceptors (Lipinski definition) is 5. The third kappa shape index (κ3) is 3.18. The summed E-state index contributed by atoms with van der Waals surface area (Å²) < 4.78 is 1.78. The molecule has 0 saturated heterocycles. The maximum Gasteiger partial charge on any atom is 0.252 e. The lowest BCUT2D eigenvalue weighted by Crippen LogP contribution is -2.14. The molecule has 2 heterocycles. The molecule has 2 N–H and O–H groups in total. The van der Waals surface area contributed by atoms with E-state index < -0.39 is 0 Å². The van der Waals surface area contributed by atoms with E-state index in [1.54, 1.807) is 10.9 Å². The smallest absolute Gasteiger partial charge is 0.252 e. The standard InChI is InChI=1S/C12H16N6O/c19-11-8-10(15-12(16-11)9-2-3-9)13-4-1-6-18-7-5-14-17-18/h5,7-9H,1-4,6H2,(H2,13,15,16,19). The molecule has 1 saturated carbocycles. The van der Waals surface area contributed by atoms with E-state index in [1.807, 2.05) is 6.20 Å². The Kier molecular flexibility index (Phi) is 3.26. The third-order valence-corrected chi connectivity index (χ3v) is 3.07. The second-order valence-corrected chi connectivity index (χ2v) is 4.74. The molecule has 0 bridgehead atoms. The minimum absolute atomic E-state index is 0.0873. The summed E-state index contributed by atoms with van der Waals surface area (Å²) in [6.07, 6.45) is 6.64. The van der Waals surface area contributed by atoms with E-state index in [-0.39, 0.29) is 5.56 Å². The Balaban J connectivity index is 1.53. The van der Waals surface area contributed by atoms with Crippen molar-refractivity contribution in [2.75, 3.05) is 11.9 Å². The molecule has 2 aromatic heterocycles. The van der Waals surface area contributed by atoms with Gasteiger partial charge in [-0.1, -0.05) is 5.21 Å². The number of hydrogen-bond donors (Lipinski definition) is 2. The Labute approximate surface area is 110 Å². The molecular formula is C12H16N6O. The fourth-order valence-electron chi connectivity index (χ4n) is 1.93. The van der Waals surface area contributed by atoms with Gasteiger partial charge in [0.05, 0.1) is 6.20 Å². The van der Waals surface area contributed by atoms with Gasteiger partial charge in [-0.2, -0.15) is 0 Å². The van der Waals surface area contributed by atoms with Crippen molar-refractivity contribution in [3.05, 3.63) is 34.6 Å². The fourth-order valence-corrected chi connectivity index (χ4v) is 1.93. The molecule has 7 nitrogen and oxygen atoms in total. The maximum atomic E-state index is 11.5. The molecule has 0 spiro atoms. The van der Waals surface area contributed by atoms with Gasteiger partial charge >= 0.3 is 0 Å². The van der Waals surface area contributed by atoms with Crippen molar-refractivity contribution in [2.24, 2.45) is 0 Å². The van der Waals surface area contributed by atoms with Crippen LogP contribution in [0.5, 0.6) is 0 Å². The predicted octanol–water partition coefficient (Wildman–Crippen LogP) is 0.741. The molecular weight excluding hydrogens is 244 g/mol. The van der Waals surface area contributed by atoms with E-state index in [1.165, 1.54) is 6.07 Å². The van der Waals surface area contributed by atoms with E-state index in [0.717, 1.165) is 38.2 Å². The number of H-pyrrole nitrogens is 1. The molecule has 0 amide bonds. The van der Waals surface area contributed by atoms with Gasteiger partial charge in [0.2, 0.25) is 0 Å². The predicted molar refractivity (Wildman–Crippen MR) is 70.0 cm³/mol. The van der Waals surface area contributed by atoms with Crippen LogP contribution in [0.4, 0.5) is 5.82 Å². The number of aromatic amines is 1. The molecule has 1 fully saturated rings. The van der Waals surface area contributed by atoms with E-state index in [0.29, 0.717) is 11.7 Å². The van der Waals surface area contributed by atoms with Crippen LogP contribution in [0.25, 0.3) is 0 Å². The lowest BCUT2D eigenvalue weighted by atomic mass is 10.3. The molecule has 1 aliphatic carbocycles. The zero-order valence-corrected chi connectivity index (χ0v) is 10.5. The van der Waals surface area contributed by atoms with E-state index in [4.69, 9.17) is 0 Å². The van der Waals surface area contributed by atoms with E-state index >= 15 is 0 Å². The van der Waals surface area contributed by atoms with Crippen LogP contribution in [0.3, 0.4) is 0 Å². The average Bonchev–Trinajstić information content (AvgIpc) is 3.12. The summed E-state index contributed by atoms with van der Waals surface area (Å²) in [5.74, 6) is 1.92. The lowest BCUT2D eigenvalue weighted by molar-refractivity contribution is 0.569. The van der Waals surface area contributed by atoms with Crippen molar-refractivity contribution < 1.29 is 0 Å². The van der Waals surface area contributed by atoms with Crippen LogP contribution >= 0.6 is 0 Å². The molecule has 7 heteroatoms. The molecule has 0 atom stereocenters. The number of aryl methyl sites for hydroxylation is 1. The normalized spacial score (nSPS) is 14.5. The summed E-state index contributed by atoms with van der Waals surface area (Å²) in [4.78, 5) is 18.7. The molecule has 2 aromatic rings. The first-order chi connectivity index (χ1) is 9.31. The number of nitrogens with one attached hydrogen (secondary N) is 2. The van der Waals surface area contributed by atoms with Crippen LogP contribution in [-0.4, -0.2) is 31.5 Å². The molecule has 100 valence electrons. The third-order valence-electron chi connectivity index (χ3n) is 3.07. The molecule has 0 aromatic carbocycles. The highest BCUT2D eigenvalue weighted by Crippen LogP contribution is 2.37. The van der Waals surface area contributed by atoms with Gasteiger partial charge < -0.3 is 10.3 Å². The first kappa shape index (κ1) is 11.9. The molecule has 19 heavy (non-hydrogen) atoms. The van der Waals surface area contributed by atoms with Gasteiger partial charge in [0.1, 0.15) is 11.6 Å². The second-order valence-electron chi connectivity index (χ2n) is 4.74. The summed E-state index contributed by atoms with van der Waals surface area (Å²) in [6.45, 7) is 1.55. The Morgan fingerprint density at radius 3 is 3.11 bits per heavy atom. The van der Waals surface area contributed by atoms with E-state index in [2.05, 4.69) is 25.6 Å². The minimum atomic E-state index is -0.0873. The minimum Gasteiger partial charge on any atom is -0.370 e. The van der Waals surface area contributed by atoms with Gasteiger partial charge in [-0.3, -0.25) is 9.48 Å². The van der Waals surface area contributed by atoms with Crippen LogP contribution < -0.4 is 10.9 Å². The van der Waals surface area contributed by atoms with Gasteiger partial charge in [-0.15, -0.1) is 5.10 Å². The monoisotopic (exact) mass is 260 g/mol. The highest BCUT2D eigenvalue weighted by Gasteiger charge is 2.26. The number of rotatable bonds is 6. The topological polar surface area (TPSA) is 88.5 Å². The number of aromatic nitrogens is 5. The van der Waals surface area contributed by atoms with Crippen molar-refractivity contribution in [3.63, 3.8) is 0 Å². The lowest BCUT2D eigenvalue weighted by Gasteiger charge is -2.06. The zero-order chi connectivity index (χ0) is 13.1. The van der Waals surface area contributed by atoms with Crippen molar-refractivity contribution in [3.8, 4) is 0 Å². The Bertz CT molecular complexity index is 587. The fraction of sp³-hybridized carbons (Fsp3) is 0.500. The Morgan fingerprint density at radius 1 is 1.47 bits per heavy atom. The van der Waals surface area contributed by atoms with Gasteiger partial charge in [0.25, 0.3) is 5.56 Å². The first-order valence-corrected chi connectivity index (χ1v) is 6.50. The average molecular weight is 260 g/mol. The molecule has 0 radical (unpaired) electrons. The maximum absolute atomic E-state index is 11.5. The molecule has 0 unspecified atom stereocenters. The number of nitrogens with zero attached hydrogens (tertiary/aromatic N) is 4. The van der Waals surface area contributed by atoms with Crippen molar-refractivity contribution in [1.82, 2.24) is 25.0 Å². The summed E-state index contributed by atoms with van der Waals surface area (Å²) in [5.41, 5.74) is -0.0873. The van der Waals surface area contributed by atoms with Gasteiger partial charge in [0.15, 0.2) is 0 Å². The highest BCUT2D eigenvalue weighted by atomic mass is 16.1. The Morgan fingerprint density at radius 2 is 2.37 bits per heavy atom. The molecule has 1 aliphatic rings. The highest BCUT2D eigenvalue weighted by molar-refractivity contribution is 5.33. The van der Waals surface area contributed by atoms with Crippen LogP contribution in [0.1, 0.15) is 31.0 Å². The van der Waals surface area contributed by atoms with Crippen molar-refractivity contribution in [2.45, 2.75) is 31.7 Å².